The maximum absolute atomic E-state index is 5.92. The number of thiophene rings is 3. The summed E-state index contributed by atoms with van der Waals surface area (Å²) in [6.07, 6.45) is 0. The average Bonchev–Trinajstić information content (AvgIpc) is 3.38. The van der Waals surface area contributed by atoms with Crippen LogP contribution in [0.15, 0.2) is 10.5 Å². The molecule has 5 rings (SSSR count). The molecule has 3 aromatic heterocycles. The summed E-state index contributed by atoms with van der Waals surface area (Å²) in [5, 5.41) is 0. The van der Waals surface area contributed by atoms with Crippen molar-refractivity contribution in [2.75, 3.05) is 26.4 Å². The number of hydrogen-bond acceptors (Lipinski definition) is 7. The molecule has 0 N–H and O–H groups in total. The van der Waals surface area contributed by atoms with Crippen LogP contribution in [0.1, 0.15) is 23.6 Å². The largest absolute Gasteiger partial charge is 0.485 e. The van der Waals surface area contributed by atoms with Crippen molar-refractivity contribution in [2.45, 2.75) is 27.7 Å². The van der Waals surface area contributed by atoms with E-state index < -0.39 is 0 Å². The molecule has 8 heteroatoms. The molecule has 0 bridgehead atoms. The lowest BCUT2D eigenvalue weighted by Crippen LogP contribution is -2.14. The van der Waals surface area contributed by atoms with Gasteiger partial charge in [-0.1, -0.05) is 13.8 Å². The summed E-state index contributed by atoms with van der Waals surface area (Å²) in [6.45, 7) is 10.6. The molecule has 0 saturated carbocycles. The van der Waals surface area contributed by atoms with Crippen molar-refractivity contribution in [3.63, 3.8) is 0 Å². The fourth-order valence-electron chi connectivity index (χ4n) is 3.14. The van der Waals surface area contributed by atoms with Crippen LogP contribution in [0.3, 0.4) is 0 Å². The maximum Gasteiger partial charge on any atom is 0.181 e. The van der Waals surface area contributed by atoms with E-state index in [1.54, 1.807) is 34.0 Å². The first kappa shape index (κ1) is 20.1. The number of fused-ring (bicyclic) bond motifs is 2. The van der Waals surface area contributed by atoms with Crippen molar-refractivity contribution < 1.29 is 18.9 Å². The number of rotatable bonds is 2. The van der Waals surface area contributed by atoms with Crippen LogP contribution in [0.25, 0.3) is 19.5 Å². The monoisotopic (exact) mass is 500 g/mol. The third-order valence-corrected chi connectivity index (χ3v) is 8.75. The van der Waals surface area contributed by atoms with Crippen LogP contribution in [0.4, 0.5) is 0 Å². The molecule has 0 radical (unpaired) electrons. The van der Waals surface area contributed by atoms with Gasteiger partial charge in [0.1, 0.15) is 26.4 Å². The van der Waals surface area contributed by atoms with Gasteiger partial charge in [-0.25, -0.2) is 0 Å². The summed E-state index contributed by atoms with van der Waals surface area (Å²) in [6, 6.07) is 2.16. The Morgan fingerprint density at radius 3 is 1.71 bits per heavy atom. The zero-order chi connectivity index (χ0) is 19.8. The SMILES string of the molecule is CC.Cc1sc(-c2cc(Br)c(-c3sc(C)c4c3OCCO4)s2)c2c1OCCO2. The average molecular weight is 501 g/mol. The molecule has 150 valence electrons. The molecular weight excluding hydrogens is 480 g/mol. The minimum absolute atomic E-state index is 0.592. The van der Waals surface area contributed by atoms with E-state index in [1.807, 2.05) is 13.8 Å². The van der Waals surface area contributed by atoms with E-state index in [-0.39, 0.29) is 0 Å². The predicted molar refractivity (Wildman–Crippen MR) is 121 cm³/mol. The van der Waals surface area contributed by atoms with Gasteiger partial charge in [0.25, 0.3) is 0 Å². The third kappa shape index (κ3) is 3.34. The van der Waals surface area contributed by atoms with Crippen LogP contribution in [0.2, 0.25) is 0 Å². The van der Waals surface area contributed by atoms with Gasteiger partial charge in [-0.2, -0.15) is 0 Å². The van der Waals surface area contributed by atoms with Crippen molar-refractivity contribution in [1.29, 1.82) is 0 Å². The Labute approximate surface area is 185 Å². The standard InChI is InChI=1S/C18H15BrO4S3.C2H6/c1-8-12-14(22-5-3-20-12)17(24-8)11-7-10(19)16(26-11)18-15-13(9(2)25-18)21-4-6-23-15;1-2/h7H,3-6H2,1-2H3;1-2H3. The fourth-order valence-corrected chi connectivity index (χ4v) is 7.46. The van der Waals surface area contributed by atoms with Crippen LogP contribution in [0, 0.1) is 13.8 Å². The van der Waals surface area contributed by atoms with Crippen molar-refractivity contribution in [3.8, 4) is 42.5 Å². The number of ether oxygens (including phenoxy) is 4. The number of aryl methyl sites for hydroxylation is 2. The van der Waals surface area contributed by atoms with Gasteiger partial charge >= 0.3 is 0 Å². The van der Waals surface area contributed by atoms with E-state index in [0.29, 0.717) is 26.4 Å². The summed E-state index contributed by atoms with van der Waals surface area (Å²) in [7, 11) is 0. The van der Waals surface area contributed by atoms with Crippen molar-refractivity contribution in [1.82, 2.24) is 0 Å². The van der Waals surface area contributed by atoms with Gasteiger partial charge in [-0.05, 0) is 35.8 Å². The first-order valence-corrected chi connectivity index (χ1v) is 12.5. The second-order valence-corrected chi connectivity index (χ2v) is 10.3. The van der Waals surface area contributed by atoms with Gasteiger partial charge in [0.2, 0.25) is 0 Å². The first-order chi connectivity index (χ1) is 13.6. The zero-order valence-corrected chi connectivity index (χ0v) is 20.2. The van der Waals surface area contributed by atoms with Crippen LogP contribution in [-0.4, -0.2) is 26.4 Å². The second-order valence-electron chi connectivity index (χ2n) is 5.97. The molecule has 3 aromatic rings. The molecule has 4 nitrogen and oxygen atoms in total. The van der Waals surface area contributed by atoms with Crippen LogP contribution in [-0.2, 0) is 0 Å². The van der Waals surface area contributed by atoms with Gasteiger partial charge in [-0.3, -0.25) is 0 Å². The summed E-state index contributed by atoms with van der Waals surface area (Å²) < 4.78 is 24.5. The number of halogens is 1. The topological polar surface area (TPSA) is 36.9 Å². The highest BCUT2D eigenvalue weighted by atomic mass is 79.9. The number of hydrogen-bond donors (Lipinski definition) is 0. The Morgan fingerprint density at radius 2 is 1.14 bits per heavy atom. The molecule has 0 unspecified atom stereocenters. The van der Waals surface area contributed by atoms with E-state index in [2.05, 4.69) is 35.8 Å². The summed E-state index contributed by atoms with van der Waals surface area (Å²) >= 11 is 8.92. The van der Waals surface area contributed by atoms with Gasteiger partial charge in [0.15, 0.2) is 23.0 Å². The Balaban J connectivity index is 0.000000932. The highest BCUT2D eigenvalue weighted by molar-refractivity contribution is 9.10. The molecular formula is C20H21BrO4S3. The molecule has 0 spiro atoms. The zero-order valence-electron chi connectivity index (χ0n) is 16.1. The van der Waals surface area contributed by atoms with E-state index in [1.165, 1.54) is 4.88 Å². The molecule has 0 amide bonds. The maximum atomic E-state index is 5.92. The third-order valence-electron chi connectivity index (χ3n) is 4.24. The molecule has 2 aliphatic heterocycles. The lowest BCUT2D eigenvalue weighted by atomic mass is 10.3. The van der Waals surface area contributed by atoms with Gasteiger partial charge in [-0.15, -0.1) is 34.0 Å². The second kappa shape index (κ2) is 8.26. The van der Waals surface area contributed by atoms with E-state index in [0.717, 1.165) is 51.9 Å². The van der Waals surface area contributed by atoms with Gasteiger partial charge in [0.05, 0.1) is 19.5 Å². The summed E-state index contributed by atoms with van der Waals surface area (Å²) in [5.41, 5.74) is 0. The van der Waals surface area contributed by atoms with E-state index in [9.17, 15) is 0 Å². The lowest BCUT2D eigenvalue weighted by molar-refractivity contribution is 0.173. The minimum atomic E-state index is 0.592. The molecule has 0 aromatic carbocycles. The van der Waals surface area contributed by atoms with Crippen LogP contribution >= 0.6 is 49.9 Å². The summed E-state index contributed by atoms with van der Waals surface area (Å²) in [5.74, 6) is 3.53. The Bertz CT molecular complexity index is 1000. The van der Waals surface area contributed by atoms with Crippen molar-refractivity contribution in [3.05, 3.63) is 20.3 Å². The van der Waals surface area contributed by atoms with Crippen LogP contribution < -0.4 is 18.9 Å². The molecule has 0 aliphatic carbocycles. The fraction of sp³-hybridized carbons (Fsp3) is 0.400. The smallest absolute Gasteiger partial charge is 0.181 e. The lowest BCUT2D eigenvalue weighted by Gasteiger charge is -2.16. The van der Waals surface area contributed by atoms with Gasteiger partial charge < -0.3 is 18.9 Å². The van der Waals surface area contributed by atoms with Crippen molar-refractivity contribution >= 4 is 49.9 Å². The molecule has 0 atom stereocenters. The quantitative estimate of drug-likeness (QED) is 0.374. The molecule has 2 aliphatic rings. The molecule has 28 heavy (non-hydrogen) atoms. The summed E-state index contributed by atoms with van der Waals surface area (Å²) in [4.78, 5) is 6.90. The highest BCUT2D eigenvalue weighted by Gasteiger charge is 2.28. The van der Waals surface area contributed by atoms with E-state index >= 15 is 0 Å². The first-order valence-electron chi connectivity index (χ1n) is 9.21. The van der Waals surface area contributed by atoms with Gasteiger partial charge in [0, 0.05) is 14.2 Å². The molecule has 0 saturated heterocycles. The Kier molecular flexibility index (Phi) is 5.92. The Hall–Kier alpha value is -1.22. The predicted octanol–water partition coefficient (Wildman–Crippen LogP) is 7.15. The van der Waals surface area contributed by atoms with E-state index in [4.69, 9.17) is 18.9 Å². The Morgan fingerprint density at radius 1 is 0.679 bits per heavy atom. The normalized spacial score (nSPS) is 14.5. The highest BCUT2D eigenvalue weighted by Crippen LogP contribution is 2.56. The minimum Gasteiger partial charge on any atom is -0.485 e. The van der Waals surface area contributed by atoms with Crippen LogP contribution in [0.5, 0.6) is 23.0 Å². The molecule has 0 fully saturated rings. The van der Waals surface area contributed by atoms with Crippen molar-refractivity contribution in [2.24, 2.45) is 0 Å². The molecule has 5 heterocycles.